The third-order valence-corrected chi connectivity index (χ3v) is 2.55. The summed E-state index contributed by atoms with van der Waals surface area (Å²) in [7, 11) is 0. The fourth-order valence-corrected chi connectivity index (χ4v) is 1.66. The van der Waals surface area contributed by atoms with E-state index in [1.807, 2.05) is 54.6 Å². The van der Waals surface area contributed by atoms with Crippen molar-refractivity contribution in [1.82, 2.24) is 0 Å². The van der Waals surface area contributed by atoms with Crippen LogP contribution in [-0.2, 0) is 13.0 Å². The first-order chi connectivity index (χ1) is 8.38. The van der Waals surface area contributed by atoms with E-state index in [4.69, 9.17) is 9.84 Å². The first-order valence-corrected chi connectivity index (χ1v) is 5.75. The Morgan fingerprint density at radius 1 is 0.889 bits per heavy atom. The lowest BCUT2D eigenvalue weighted by Gasteiger charge is -2.07. The molecule has 1 N–H and O–H groups in total. The average molecular weight is 265 g/mol. The van der Waals surface area contributed by atoms with Gasteiger partial charge in [0.05, 0.1) is 0 Å². The number of aliphatic hydroxyl groups is 1. The number of hydrogen-bond donors (Lipinski definition) is 1. The van der Waals surface area contributed by atoms with Crippen molar-refractivity contribution in [3.8, 4) is 5.75 Å². The van der Waals surface area contributed by atoms with Gasteiger partial charge in [-0.1, -0.05) is 42.5 Å². The normalized spacial score (nSPS) is 9.61. The van der Waals surface area contributed by atoms with Gasteiger partial charge in [-0.3, -0.25) is 0 Å². The fraction of sp³-hybridized carbons (Fsp3) is 0.200. The smallest absolute Gasteiger partial charge is 0.120 e. The van der Waals surface area contributed by atoms with E-state index in [2.05, 4.69) is 0 Å². The van der Waals surface area contributed by atoms with Gasteiger partial charge in [0.2, 0.25) is 0 Å². The zero-order valence-electron chi connectivity index (χ0n) is 10.1. The van der Waals surface area contributed by atoms with E-state index >= 15 is 0 Å². The molecule has 0 aromatic heterocycles. The molecule has 0 amide bonds. The predicted molar refractivity (Wildman–Crippen MR) is 75.3 cm³/mol. The van der Waals surface area contributed by atoms with Crippen LogP contribution in [0.5, 0.6) is 5.75 Å². The Hall–Kier alpha value is -1.51. The van der Waals surface area contributed by atoms with Crippen LogP contribution in [0.2, 0.25) is 0 Å². The van der Waals surface area contributed by atoms with Gasteiger partial charge in [0, 0.05) is 6.61 Å². The number of aliphatic hydroxyl groups excluding tert-OH is 1. The van der Waals surface area contributed by atoms with E-state index in [-0.39, 0.29) is 19.0 Å². The third-order valence-electron chi connectivity index (χ3n) is 2.55. The Morgan fingerprint density at radius 3 is 2.33 bits per heavy atom. The quantitative estimate of drug-likeness (QED) is 0.899. The summed E-state index contributed by atoms with van der Waals surface area (Å²) < 4.78 is 5.70. The molecule has 0 heterocycles. The van der Waals surface area contributed by atoms with E-state index in [1.54, 1.807) is 0 Å². The molecule has 0 spiro atoms. The maximum atomic E-state index is 8.88. The topological polar surface area (TPSA) is 29.5 Å². The Labute approximate surface area is 114 Å². The van der Waals surface area contributed by atoms with Crippen molar-refractivity contribution in [3.63, 3.8) is 0 Å². The van der Waals surface area contributed by atoms with Gasteiger partial charge in [0.25, 0.3) is 0 Å². The molecule has 3 heteroatoms. The standard InChI is InChI=1S/C15H16O2.ClH/c16-10-9-13-7-4-8-15(11-13)17-12-14-5-2-1-3-6-14;/h1-8,11,16H,9-10,12H2;1H. The van der Waals surface area contributed by atoms with Crippen molar-refractivity contribution < 1.29 is 9.84 Å². The van der Waals surface area contributed by atoms with Gasteiger partial charge in [-0.15, -0.1) is 12.4 Å². The van der Waals surface area contributed by atoms with Crippen molar-refractivity contribution in [3.05, 3.63) is 65.7 Å². The van der Waals surface area contributed by atoms with E-state index in [0.717, 1.165) is 16.9 Å². The van der Waals surface area contributed by atoms with Gasteiger partial charge >= 0.3 is 0 Å². The summed E-state index contributed by atoms with van der Waals surface area (Å²) in [6.45, 7) is 0.742. The summed E-state index contributed by atoms with van der Waals surface area (Å²) in [6, 6.07) is 17.9. The molecule has 0 saturated carbocycles. The molecule has 2 rings (SSSR count). The summed E-state index contributed by atoms with van der Waals surface area (Å²) in [4.78, 5) is 0. The molecule has 0 unspecified atom stereocenters. The third kappa shape index (κ3) is 4.40. The van der Waals surface area contributed by atoms with E-state index in [0.29, 0.717) is 13.0 Å². The minimum absolute atomic E-state index is 0. The molecule has 0 aliphatic heterocycles. The highest BCUT2D eigenvalue weighted by atomic mass is 35.5. The SMILES string of the molecule is Cl.OCCc1cccc(OCc2ccccc2)c1. The molecule has 2 aromatic carbocycles. The summed E-state index contributed by atoms with van der Waals surface area (Å²) >= 11 is 0. The maximum absolute atomic E-state index is 8.88. The van der Waals surface area contributed by atoms with E-state index in [9.17, 15) is 0 Å². The summed E-state index contributed by atoms with van der Waals surface area (Å²) in [5, 5.41) is 8.88. The lowest BCUT2D eigenvalue weighted by Crippen LogP contribution is -1.96. The summed E-state index contributed by atoms with van der Waals surface area (Å²) in [6.07, 6.45) is 0.669. The van der Waals surface area contributed by atoms with Crippen LogP contribution in [0.1, 0.15) is 11.1 Å². The van der Waals surface area contributed by atoms with Crippen molar-refractivity contribution in [1.29, 1.82) is 0 Å². The van der Waals surface area contributed by atoms with Gasteiger partial charge < -0.3 is 9.84 Å². The molecular formula is C15H17ClO2. The molecule has 18 heavy (non-hydrogen) atoms. The fourth-order valence-electron chi connectivity index (χ4n) is 1.66. The van der Waals surface area contributed by atoms with Gasteiger partial charge in [-0.05, 0) is 29.7 Å². The monoisotopic (exact) mass is 264 g/mol. The summed E-state index contributed by atoms with van der Waals surface area (Å²) in [5.41, 5.74) is 2.25. The number of benzene rings is 2. The van der Waals surface area contributed by atoms with Crippen LogP contribution in [0.15, 0.2) is 54.6 Å². The van der Waals surface area contributed by atoms with Gasteiger partial charge in [0.1, 0.15) is 12.4 Å². The van der Waals surface area contributed by atoms with Crippen LogP contribution in [0.25, 0.3) is 0 Å². The molecule has 0 fully saturated rings. The van der Waals surface area contributed by atoms with Gasteiger partial charge in [-0.2, -0.15) is 0 Å². The molecular weight excluding hydrogens is 248 g/mol. The number of rotatable bonds is 5. The first kappa shape index (κ1) is 14.6. The molecule has 96 valence electrons. The summed E-state index contributed by atoms with van der Waals surface area (Å²) in [5.74, 6) is 0.847. The van der Waals surface area contributed by atoms with Crippen molar-refractivity contribution in [2.75, 3.05) is 6.61 Å². The lowest BCUT2D eigenvalue weighted by molar-refractivity contribution is 0.296. The average Bonchev–Trinajstić information content (AvgIpc) is 2.39. The molecule has 0 saturated heterocycles. The Balaban J connectivity index is 0.00000162. The highest BCUT2D eigenvalue weighted by molar-refractivity contribution is 5.85. The maximum Gasteiger partial charge on any atom is 0.120 e. The van der Waals surface area contributed by atoms with Crippen LogP contribution in [0.4, 0.5) is 0 Å². The molecule has 2 aromatic rings. The van der Waals surface area contributed by atoms with Crippen LogP contribution in [0, 0.1) is 0 Å². The van der Waals surface area contributed by atoms with Crippen molar-refractivity contribution in [2.45, 2.75) is 13.0 Å². The van der Waals surface area contributed by atoms with Crippen LogP contribution in [0.3, 0.4) is 0 Å². The predicted octanol–water partition coefficient (Wildman–Crippen LogP) is 3.22. The number of hydrogen-bond acceptors (Lipinski definition) is 2. The van der Waals surface area contributed by atoms with Crippen LogP contribution < -0.4 is 4.74 Å². The molecule has 2 nitrogen and oxygen atoms in total. The minimum atomic E-state index is 0. The van der Waals surface area contributed by atoms with E-state index in [1.165, 1.54) is 0 Å². The van der Waals surface area contributed by atoms with Gasteiger partial charge in [-0.25, -0.2) is 0 Å². The second-order valence-electron chi connectivity index (χ2n) is 3.90. The molecule has 0 aliphatic carbocycles. The first-order valence-electron chi connectivity index (χ1n) is 5.75. The second-order valence-corrected chi connectivity index (χ2v) is 3.90. The number of ether oxygens (including phenoxy) is 1. The zero-order chi connectivity index (χ0) is 11.9. The second kappa shape index (κ2) is 7.75. The van der Waals surface area contributed by atoms with Crippen LogP contribution in [-0.4, -0.2) is 11.7 Å². The van der Waals surface area contributed by atoms with Gasteiger partial charge in [0.15, 0.2) is 0 Å². The minimum Gasteiger partial charge on any atom is -0.489 e. The zero-order valence-corrected chi connectivity index (χ0v) is 10.9. The molecule has 0 atom stereocenters. The molecule has 0 aliphatic rings. The molecule has 0 bridgehead atoms. The van der Waals surface area contributed by atoms with E-state index < -0.39 is 0 Å². The highest BCUT2D eigenvalue weighted by Gasteiger charge is 1.97. The number of halogens is 1. The highest BCUT2D eigenvalue weighted by Crippen LogP contribution is 2.15. The van der Waals surface area contributed by atoms with Crippen molar-refractivity contribution >= 4 is 12.4 Å². The Morgan fingerprint density at radius 2 is 1.61 bits per heavy atom. The Kier molecular flexibility index (Phi) is 6.26. The lowest BCUT2D eigenvalue weighted by atomic mass is 10.1. The Bertz CT molecular complexity index is 457. The molecule has 0 radical (unpaired) electrons. The van der Waals surface area contributed by atoms with Crippen LogP contribution >= 0.6 is 12.4 Å². The largest absolute Gasteiger partial charge is 0.489 e. The van der Waals surface area contributed by atoms with Crippen molar-refractivity contribution in [2.24, 2.45) is 0 Å².